The summed E-state index contributed by atoms with van der Waals surface area (Å²) in [7, 11) is 2.10. The van der Waals surface area contributed by atoms with Crippen molar-refractivity contribution in [3.63, 3.8) is 0 Å². The molecule has 0 aromatic carbocycles. The van der Waals surface area contributed by atoms with E-state index in [4.69, 9.17) is 4.74 Å². The van der Waals surface area contributed by atoms with Crippen molar-refractivity contribution in [3.05, 3.63) is 23.3 Å². The zero-order valence-electron chi connectivity index (χ0n) is 12.3. The lowest BCUT2D eigenvalue weighted by Gasteiger charge is -2.29. The van der Waals surface area contributed by atoms with Crippen LogP contribution in [0.25, 0.3) is 0 Å². The highest BCUT2D eigenvalue weighted by Crippen LogP contribution is 2.21. The molecule has 5 nitrogen and oxygen atoms in total. The van der Waals surface area contributed by atoms with Gasteiger partial charge in [0, 0.05) is 36.6 Å². The molecule has 5 heteroatoms. The number of aromatic nitrogens is 2. The first-order valence-electron chi connectivity index (χ1n) is 6.98. The SMILES string of the molecule is CCNC(C)c1cnc(C2CN(C)CCO2)nc1C. The van der Waals surface area contributed by atoms with E-state index in [1.807, 2.05) is 13.1 Å². The van der Waals surface area contributed by atoms with Crippen LogP contribution in [0.1, 0.15) is 43.1 Å². The first-order chi connectivity index (χ1) is 9.11. The highest BCUT2D eigenvalue weighted by molar-refractivity contribution is 5.20. The summed E-state index contributed by atoms with van der Waals surface area (Å²) in [6.45, 7) is 9.82. The molecule has 0 amide bonds. The topological polar surface area (TPSA) is 50.3 Å². The maximum Gasteiger partial charge on any atom is 0.158 e. The van der Waals surface area contributed by atoms with Crippen molar-refractivity contribution in [3.8, 4) is 0 Å². The van der Waals surface area contributed by atoms with Gasteiger partial charge in [0.15, 0.2) is 5.82 Å². The number of ether oxygens (including phenoxy) is 1. The van der Waals surface area contributed by atoms with E-state index in [9.17, 15) is 0 Å². The molecule has 0 saturated carbocycles. The summed E-state index contributed by atoms with van der Waals surface area (Å²) in [5.74, 6) is 0.802. The van der Waals surface area contributed by atoms with Crippen LogP contribution in [0.15, 0.2) is 6.20 Å². The lowest BCUT2D eigenvalue weighted by atomic mass is 10.1. The van der Waals surface area contributed by atoms with Gasteiger partial charge in [-0.15, -0.1) is 0 Å². The second-order valence-corrected chi connectivity index (χ2v) is 5.17. The number of likely N-dealkylation sites (N-methyl/N-ethyl adjacent to an activating group) is 1. The molecule has 0 aliphatic carbocycles. The zero-order chi connectivity index (χ0) is 13.8. The normalized spacial score (nSPS) is 22.4. The molecule has 2 atom stereocenters. The maximum atomic E-state index is 5.75. The summed E-state index contributed by atoms with van der Waals surface area (Å²) in [4.78, 5) is 11.4. The van der Waals surface area contributed by atoms with Gasteiger partial charge in [0.1, 0.15) is 6.10 Å². The zero-order valence-corrected chi connectivity index (χ0v) is 12.3. The standard InChI is InChI=1S/C14H24N4O/c1-5-15-10(2)12-8-16-14(17-11(12)3)13-9-18(4)6-7-19-13/h8,10,13,15H,5-7,9H2,1-4H3. The Labute approximate surface area is 115 Å². The maximum absolute atomic E-state index is 5.75. The van der Waals surface area contributed by atoms with Gasteiger partial charge in [-0.1, -0.05) is 6.92 Å². The van der Waals surface area contributed by atoms with Crippen molar-refractivity contribution in [1.82, 2.24) is 20.2 Å². The molecule has 1 aliphatic rings. The molecule has 0 spiro atoms. The molecule has 1 aliphatic heterocycles. The van der Waals surface area contributed by atoms with Crippen LogP contribution in [-0.2, 0) is 4.74 Å². The molecule has 2 unspecified atom stereocenters. The minimum Gasteiger partial charge on any atom is -0.368 e. The fourth-order valence-electron chi connectivity index (χ4n) is 2.42. The first-order valence-corrected chi connectivity index (χ1v) is 6.98. The number of aryl methyl sites for hydroxylation is 1. The lowest BCUT2D eigenvalue weighted by Crippen LogP contribution is -2.36. The number of rotatable bonds is 4. The van der Waals surface area contributed by atoms with E-state index in [2.05, 4.69) is 41.1 Å². The van der Waals surface area contributed by atoms with Gasteiger partial charge >= 0.3 is 0 Å². The Morgan fingerprint density at radius 3 is 3.00 bits per heavy atom. The van der Waals surface area contributed by atoms with E-state index in [0.717, 1.165) is 43.3 Å². The average molecular weight is 264 g/mol. The van der Waals surface area contributed by atoms with E-state index in [-0.39, 0.29) is 12.1 Å². The Morgan fingerprint density at radius 2 is 2.37 bits per heavy atom. The smallest absolute Gasteiger partial charge is 0.158 e. The molecule has 19 heavy (non-hydrogen) atoms. The highest BCUT2D eigenvalue weighted by atomic mass is 16.5. The highest BCUT2D eigenvalue weighted by Gasteiger charge is 2.22. The molecular formula is C14H24N4O. The lowest BCUT2D eigenvalue weighted by molar-refractivity contribution is -0.0256. The molecule has 0 radical (unpaired) electrons. The minimum absolute atomic E-state index is 0.000871. The summed E-state index contributed by atoms with van der Waals surface area (Å²) >= 11 is 0. The monoisotopic (exact) mass is 264 g/mol. The third-order valence-electron chi connectivity index (χ3n) is 3.57. The molecule has 1 aromatic rings. The molecule has 0 bridgehead atoms. The second-order valence-electron chi connectivity index (χ2n) is 5.17. The van der Waals surface area contributed by atoms with Gasteiger partial charge in [0.25, 0.3) is 0 Å². The number of nitrogens with one attached hydrogen (secondary N) is 1. The van der Waals surface area contributed by atoms with Gasteiger partial charge in [0.05, 0.1) is 6.61 Å². The van der Waals surface area contributed by atoms with Crippen LogP contribution in [0, 0.1) is 6.92 Å². The molecular weight excluding hydrogens is 240 g/mol. The number of nitrogens with zero attached hydrogens (tertiary/aromatic N) is 3. The van der Waals surface area contributed by atoms with Crippen LogP contribution in [0.4, 0.5) is 0 Å². The predicted octanol–water partition coefficient (Wildman–Crippen LogP) is 1.46. The van der Waals surface area contributed by atoms with Crippen molar-refractivity contribution in [2.24, 2.45) is 0 Å². The largest absolute Gasteiger partial charge is 0.368 e. The minimum atomic E-state index is 0.000871. The van der Waals surface area contributed by atoms with E-state index in [1.54, 1.807) is 0 Å². The van der Waals surface area contributed by atoms with Crippen molar-refractivity contribution in [2.45, 2.75) is 32.9 Å². The number of hydrogen-bond acceptors (Lipinski definition) is 5. The van der Waals surface area contributed by atoms with Crippen LogP contribution in [0.2, 0.25) is 0 Å². The van der Waals surface area contributed by atoms with E-state index >= 15 is 0 Å². The van der Waals surface area contributed by atoms with Crippen molar-refractivity contribution < 1.29 is 4.74 Å². The van der Waals surface area contributed by atoms with Crippen LogP contribution >= 0.6 is 0 Å². The molecule has 106 valence electrons. The van der Waals surface area contributed by atoms with E-state index < -0.39 is 0 Å². The molecule has 1 saturated heterocycles. The van der Waals surface area contributed by atoms with E-state index in [0.29, 0.717) is 0 Å². The fraction of sp³-hybridized carbons (Fsp3) is 0.714. The summed E-state index contributed by atoms with van der Waals surface area (Å²) in [6, 6.07) is 0.286. The predicted molar refractivity (Wildman–Crippen MR) is 75.1 cm³/mol. The summed E-state index contributed by atoms with van der Waals surface area (Å²) in [5.41, 5.74) is 2.20. The number of morpholine rings is 1. The van der Waals surface area contributed by atoms with E-state index in [1.165, 1.54) is 0 Å². The van der Waals surface area contributed by atoms with Crippen LogP contribution in [0.5, 0.6) is 0 Å². The number of hydrogen-bond donors (Lipinski definition) is 1. The second kappa shape index (κ2) is 6.41. The first kappa shape index (κ1) is 14.4. The Balaban J connectivity index is 2.14. The van der Waals surface area contributed by atoms with Crippen molar-refractivity contribution >= 4 is 0 Å². The Kier molecular flexibility index (Phi) is 4.85. The molecule has 2 rings (SSSR count). The third-order valence-corrected chi connectivity index (χ3v) is 3.57. The van der Waals surface area contributed by atoms with Crippen LogP contribution in [0.3, 0.4) is 0 Å². The van der Waals surface area contributed by atoms with Gasteiger partial charge in [-0.05, 0) is 27.4 Å². The van der Waals surface area contributed by atoms with Crippen LogP contribution < -0.4 is 5.32 Å². The summed E-state index contributed by atoms with van der Waals surface area (Å²) in [6.07, 6.45) is 1.93. The van der Waals surface area contributed by atoms with Crippen molar-refractivity contribution in [1.29, 1.82) is 0 Å². The average Bonchev–Trinajstić information content (AvgIpc) is 2.38. The molecule has 1 fully saturated rings. The van der Waals surface area contributed by atoms with Crippen LogP contribution in [-0.4, -0.2) is 48.2 Å². The van der Waals surface area contributed by atoms with Gasteiger partial charge in [-0.25, -0.2) is 9.97 Å². The fourth-order valence-corrected chi connectivity index (χ4v) is 2.42. The Bertz CT molecular complexity index is 424. The Morgan fingerprint density at radius 1 is 1.58 bits per heavy atom. The quantitative estimate of drug-likeness (QED) is 0.892. The van der Waals surface area contributed by atoms with Gasteiger partial charge in [-0.3, -0.25) is 0 Å². The van der Waals surface area contributed by atoms with Gasteiger partial charge in [0.2, 0.25) is 0 Å². The van der Waals surface area contributed by atoms with Gasteiger partial charge in [-0.2, -0.15) is 0 Å². The third kappa shape index (κ3) is 3.49. The van der Waals surface area contributed by atoms with Crippen molar-refractivity contribution in [2.75, 3.05) is 33.3 Å². The molecule has 1 N–H and O–H groups in total. The summed E-state index contributed by atoms with van der Waals surface area (Å²) < 4.78 is 5.75. The molecule has 2 heterocycles. The Hall–Kier alpha value is -1.04. The van der Waals surface area contributed by atoms with Gasteiger partial charge < -0.3 is 15.0 Å². The molecule has 1 aromatic heterocycles. The summed E-state index contributed by atoms with van der Waals surface area (Å²) in [5, 5.41) is 3.39.